The van der Waals surface area contributed by atoms with Gasteiger partial charge < -0.3 is 10.6 Å². The van der Waals surface area contributed by atoms with E-state index in [0.717, 1.165) is 38.0 Å². The zero-order chi connectivity index (χ0) is 15.8. The smallest absolute Gasteiger partial charge is 0.227 e. The molecule has 1 aliphatic rings. The van der Waals surface area contributed by atoms with Gasteiger partial charge in [-0.05, 0) is 49.8 Å². The molecule has 0 radical (unpaired) electrons. The van der Waals surface area contributed by atoms with Crippen LogP contribution in [0, 0.1) is 11.8 Å². The topological polar surface area (TPSA) is 41.1 Å². The van der Waals surface area contributed by atoms with Gasteiger partial charge in [0.2, 0.25) is 5.91 Å². The van der Waals surface area contributed by atoms with E-state index in [2.05, 4.69) is 36.6 Å². The van der Waals surface area contributed by atoms with Crippen LogP contribution in [0.25, 0.3) is 0 Å². The predicted octanol–water partition coefficient (Wildman–Crippen LogP) is 3.32. The second kappa shape index (κ2) is 8.94. The van der Waals surface area contributed by atoms with Crippen LogP contribution in [0.5, 0.6) is 0 Å². The predicted molar refractivity (Wildman–Crippen MR) is 91.9 cm³/mol. The molecule has 2 rings (SSSR count). The number of carbonyl (C=O) groups excluding carboxylic acids is 1. The van der Waals surface area contributed by atoms with Gasteiger partial charge in [0, 0.05) is 6.54 Å². The molecule has 3 atom stereocenters. The summed E-state index contributed by atoms with van der Waals surface area (Å²) in [6, 6.07) is 10.2. The van der Waals surface area contributed by atoms with E-state index in [4.69, 9.17) is 0 Å². The summed E-state index contributed by atoms with van der Waals surface area (Å²) in [5.74, 6) is 1.23. The molecule has 1 aliphatic heterocycles. The molecule has 0 aromatic heterocycles. The molecule has 122 valence electrons. The lowest BCUT2D eigenvalue weighted by Crippen LogP contribution is -2.36. The highest BCUT2D eigenvalue weighted by molar-refractivity contribution is 5.83. The summed E-state index contributed by atoms with van der Waals surface area (Å²) in [5.41, 5.74) is 1.13. The van der Waals surface area contributed by atoms with Crippen molar-refractivity contribution in [2.45, 2.75) is 45.4 Å². The van der Waals surface area contributed by atoms with Crippen LogP contribution in [0.1, 0.15) is 51.0 Å². The Labute approximate surface area is 134 Å². The first-order chi connectivity index (χ1) is 10.7. The van der Waals surface area contributed by atoms with E-state index in [9.17, 15) is 4.79 Å². The molecule has 22 heavy (non-hydrogen) atoms. The van der Waals surface area contributed by atoms with Gasteiger partial charge in [-0.25, -0.2) is 0 Å². The van der Waals surface area contributed by atoms with Crippen LogP contribution in [-0.4, -0.2) is 25.5 Å². The molecule has 3 nitrogen and oxygen atoms in total. The van der Waals surface area contributed by atoms with E-state index in [-0.39, 0.29) is 11.8 Å². The molecule has 1 aromatic rings. The fourth-order valence-corrected chi connectivity index (χ4v) is 3.31. The summed E-state index contributed by atoms with van der Waals surface area (Å²) >= 11 is 0. The Bertz CT molecular complexity index is 440. The molecule has 1 amide bonds. The molecule has 1 saturated heterocycles. The minimum Gasteiger partial charge on any atom is -0.356 e. The first-order valence-electron chi connectivity index (χ1n) is 8.75. The quantitative estimate of drug-likeness (QED) is 0.811. The second-order valence-corrected chi connectivity index (χ2v) is 6.57. The minimum atomic E-state index is -0.0318. The number of carbonyl (C=O) groups is 1. The van der Waals surface area contributed by atoms with Crippen LogP contribution in [0.3, 0.4) is 0 Å². The van der Waals surface area contributed by atoms with Gasteiger partial charge in [-0.15, -0.1) is 0 Å². The lowest BCUT2D eigenvalue weighted by atomic mass is 9.85. The van der Waals surface area contributed by atoms with Gasteiger partial charge in [0.05, 0.1) is 5.92 Å². The van der Waals surface area contributed by atoms with E-state index in [1.165, 1.54) is 12.8 Å². The zero-order valence-electron chi connectivity index (χ0n) is 14.0. The lowest BCUT2D eigenvalue weighted by molar-refractivity contribution is -0.123. The maximum Gasteiger partial charge on any atom is 0.227 e. The molecule has 1 aromatic carbocycles. The number of rotatable bonds is 7. The Kier molecular flexibility index (Phi) is 6.91. The van der Waals surface area contributed by atoms with Crippen molar-refractivity contribution in [2.75, 3.05) is 19.6 Å². The fourth-order valence-electron chi connectivity index (χ4n) is 3.31. The number of nitrogens with one attached hydrogen (secondary N) is 2. The third-order valence-electron chi connectivity index (χ3n) is 4.90. The first-order valence-corrected chi connectivity index (χ1v) is 8.75. The highest BCUT2D eigenvalue weighted by atomic mass is 16.1. The molecule has 3 unspecified atom stereocenters. The van der Waals surface area contributed by atoms with Crippen LogP contribution in [0.15, 0.2) is 30.3 Å². The van der Waals surface area contributed by atoms with Crippen LogP contribution in [0.4, 0.5) is 0 Å². The Balaban J connectivity index is 1.88. The molecule has 3 heteroatoms. The molecule has 0 bridgehead atoms. The van der Waals surface area contributed by atoms with E-state index < -0.39 is 0 Å². The van der Waals surface area contributed by atoms with E-state index in [0.29, 0.717) is 11.8 Å². The first kappa shape index (κ1) is 17.0. The zero-order valence-corrected chi connectivity index (χ0v) is 14.0. The van der Waals surface area contributed by atoms with Crippen molar-refractivity contribution >= 4 is 5.91 Å². The summed E-state index contributed by atoms with van der Waals surface area (Å²) < 4.78 is 0. The Morgan fingerprint density at radius 1 is 1.36 bits per heavy atom. The molecule has 0 aliphatic carbocycles. The molecule has 2 N–H and O–H groups in total. The average Bonchev–Trinajstić information content (AvgIpc) is 2.57. The summed E-state index contributed by atoms with van der Waals surface area (Å²) in [4.78, 5) is 12.7. The SMILES string of the molecule is CCC(C)C(C(=O)NCCC1CCCNC1)c1ccccc1. The number of piperidine rings is 1. The summed E-state index contributed by atoms with van der Waals surface area (Å²) in [6.45, 7) is 7.37. The van der Waals surface area contributed by atoms with Gasteiger partial charge in [-0.3, -0.25) is 4.79 Å². The maximum absolute atomic E-state index is 12.7. The van der Waals surface area contributed by atoms with Crippen molar-refractivity contribution in [1.82, 2.24) is 10.6 Å². The normalized spacial score (nSPS) is 21.1. The van der Waals surface area contributed by atoms with E-state index in [1.54, 1.807) is 0 Å². The monoisotopic (exact) mass is 302 g/mol. The van der Waals surface area contributed by atoms with Crippen LogP contribution in [-0.2, 0) is 4.79 Å². The molecule has 0 saturated carbocycles. The van der Waals surface area contributed by atoms with Crippen LogP contribution < -0.4 is 10.6 Å². The molecule has 0 spiro atoms. The summed E-state index contributed by atoms with van der Waals surface area (Å²) in [5, 5.41) is 6.61. The van der Waals surface area contributed by atoms with E-state index >= 15 is 0 Å². The standard InChI is InChI=1S/C19H30N2O/c1-3-15(2)18(17-9-5-4-6-10-17)19(22)21-13-11-16-8-7-12-20-14-16/h4-6,9-10,15-16,18,20H,3,7-8,11-14H2,1-2H3,(H,21,22). The number of benzene rings is 1. The van der Waals surface area contributed by atoms with Gasteiger partial charge in [0.25, 0.3) is 0 Å². The third kappa shape index (κ3) is 4.84. The van der Waals surface area contributed by atoms with E-state index in [1.807, 2.05) is 18.2 Å². The van der Waals surface area contributed by atoms with Crippen molar-refractivity contribution in [3.05, 3.63) is 35.9 Å². The summed E-state index contributed by atoms with van der Waals surface area (Å²) in [6.07, 6.45) is 4.65. The lowest BCUT2D eigenvalue weighted by Gasteiger charge is -2.25. The molecular weight excluding hydrogens is 272 g/mol. The average molecular weight is 302 g/mol. The van der Waals surface area contributed by atoms with Gasteiger partial charge in [0.1, 0.15) is 0 Å². The number of hydrogen-bond acceptors (Lipinski definition) is 2. The van der Waals surface area contributed by atoms with Crippen molar-refractivity contribution in [2.24, 2.45) is 11.8 Å². The van der Waals surface area contributed by atoms with Crippen molar-refractivity contribution in [1.29, 1.82) is 0 Å². The third-order valence-corrected chi connectivity index (χ3v) is 4.90. The van der Waals surface area contributed by atoms with Gasteiger partial charge >= 0.3 is 0 Å². The molecule has 1 fully saturated rings. The molecule has 1 heterocycles. The highest BCUT2D eigenvalue weighted by Gasteiger charge is 2.25. The largest absolute Gasteiger partial charge is 0.356 e. The van der Waals surface area contributed by atoms with Crippen molar-refractivity contribution in [3.63, 3.8) is 0 Å². The van der Waals surface area contributed by atoms with Gasteiger partial charge in [0.15, 0.2) is 0 Å². The Morgan fingerprint density at radius 3 is 2.77 bits per heavy atom. The Hall–Kier alpha value is -1.35. The molecular formula is C19H30N2O. The minimum absolute atomic E-state index is 0.0318. The maximum atomic E-state index is 12.7. The Morgan fingerprint density at radius 2 is 2.14 bits per heavy atom. The highest BCUT2D eigenvalue weighted by Crippen LogP contribution is 2.27. The number of hydrogen-bond donors (Lipinski definition) is 2. The van der Waals surface area contributed by atoms with Crippen molar-refractivity contribution < 1.29 is 4.79 Å². The van der Waals surface area contributed by atoms with Crippen molar-refractivity contribution in [3.8, 4) is 0 Å². The van der Waals surface area contributed by atoms with Gasteiger partial charge in [-0.2, -0.15) is 0 Å². The van der Waals surface area contributed by atoms with Crippen LogP contribution >= 0.6 is 0 Å². The van der Waals surface area contributed by atoms with Gasteiger partial charge in [-0.1, -0.05) is 50.6 Å². The fraction of sp³-hybridized carbons (Fsp3) is 0.632. The van der Waals surface area contributed by atoms with Crippen LogP contribution in [0.2, 0.25) is 0 Å². The summed E-state index contributed by atoms with van der Waals surface area (Å²) in [7, 11) is 0. The second-order valence-electron chi connectivity index (χ2n) is 6.57. The number of amides is 1.